The first kappa shape index (κ1) is 16.4. The number of aromatic nitrogens is 4. The van der Waals surface area contributed by atoms with Crippen LogP contribution in [-0.2, 0) is 0 Å². The quantitative estimate of drug-likeness (QED) is 0.722. The van der Waals surface area contributed by atoms with Gasteiger partial charge in [0, 0.05) is 24.4 Å². The number of hydrogen-bond acceptors (Lipinski definition) is 6. The standard InChI is InChI=1S/C19H19N5O2/c1-12-9-13(2)22-19(21-12)26-14-7-8-24(11-14)18(25)17-10-20-15-5-3-4-6-16(15)23-17/h3-6,9-10,14H,7-8,11H2,1-2H3. The highest BCUT2D eigenvalue weighted by molar-refractivity contribution is 5.94. The van der Waals surface area contributed by atoms with Crippen molar-refractivity contribution < 1.29 is 9.53 Å². The Morgan fingerprint density at radius 2 is 1.85 bits per heavy atom. The summed E-state index contributed by atoms with van der Waals surface area (Å²) in [4.78, 5) is 31.8. The summed E-state index contributed by atoms with van der Waals surface area (Å²) >= 11 is 0. The molecule has 7 nitrogen and oxygen atoms in total. The smallest absolute Gasteiger partial charge is 0.317 e. The lowest BCUT2D eigenvalue weighted by Crippen LogP contribution is -2.31. The summed E-state index contributed by atoms with van der Waals surface area (Å²) in [6.45, 7) is 4.92. The van der Waals surface area contributed by atoms with Gasteiger partial charge in [0.25, 0.3) is 5.91 Å². The SMILES string of the molecule is Cc1cc(C)nc(OC2CCN(C(=O)c3cnc4ccccc4n3)C2)n1. The number of para-hydroxylation sites is 2. The van der Waals surface area contributed by atoms with E-state index in [0.717, 1.165) is 23.3 Å². The largest absolute Gasteiger partial charge is 0.458 e. The van der Waals surface area contributed by atoms with Gasteiger partial charge >= 0.3 is 6.01 Å². The Balaban J connectivity index is 1.46. The Hall–Kier alpha value is -3.09. The fourth-order valence-electron chi connectivity index (χ4n) is 3.13. The van der Waals surface area contributed by atoms with E-state index in [0.29, 0.717) is 30.3 Å². The number of carbonyl (C=O) groups is 1. The van der Waals surface area contributed by atoms with Gasteiger partial charge in [-0.05, 0) is 32.0 Å². The van der Waals surface area contributed by atoms with Crippen molar-refractivity contribution in [3.05, 3.63) is 53.6 Å². The molecule has 132 valence electrons. The molecule has 2 aromatic heterocycles. The zero-order chi connectivity index (χ0) is 18.1. The highest BCUT2D eigenvalue weighted by Gasteiger charge is 2.29. The normalized spacial score (nSPS) is 16.8. The van der Waals surface area contributed by atoms with Gasteiger partial charge in [0.05, 0.1) is 23.8 Å². The van der Waals surface area contributed by atoms with Crippen LogP contribution in [0, 0.1) is 13.8 Å². The number of fused-ring (bicyclic) bond motifs is 1. The van der Waals surface area contributed by atoms with Gasteiger partial charge in [-0.15, -0.1) is 0 Å². The third-order valence-corrected chi connectivity index (χ3v) is 4.33. The van der Waals surface area contributed by atoms with Crippen LogP contribution in [0.4, 0.5) is 0 Å². The van der Waals surface area contributed by atoms with Crippen molar-refractivity contribution in [2.75, 3.05) is 13.1 Å². The molecular formula is C19H19N5O2. The first-order valence-corrected chi connectivity index (χ1v) is 8.58. The molecule has 1 unspecified atom stereocenters. The minimum atomic E-state index is -0.129. The number of ether oxygens (including phenoxy) is 1. The maximum absolute atomic E-state index is 12.7. The van der Waals surface area contributed by atoms with Gasteiger partial charge in [0.15, 0.2) is 0 Å². The maximum atomic E-state index is 12.7. The van der Waals surface area contributed by atoms with Crippen LogP contribution in [0.2, 0.25) is 0 Å². The summed E-state index contributed by atoms with van der Waals surface area (Å²) in [5.41, 5.74) is 3.58. The van der Waals surface area contributed by atoms with E-state index < -0.39 is 0 Å². The molecule has 0 aliphatic carbocycles. The first-order chi connectivity index (χ1) is 12.6. The van der Waals surface area contributed by atoms with Crippen molar-refractivity contribution in [3.8, 4) is 6.01 Å². The molecule has 0 bridgehead atoms. The summed E-state index contributed by atoms with van der Waals surface area (Å²) in [7, 11) is 0. The number of nitrogens with zero attached hydrogens (tertiary/aromatic N) is 5. The minimum absolute atomic E-state index is 0.117. The minimum Gasteiger partial charge on any atom is -0.458 e. The van der Waals surface area contributed by atoms with Crippen molar-refractivity contribution in [1.29, 1.82) is 0 Å². The molecule has 3 aromatic rings. The molecule has 1 fully saturated rings. The predicted molar refractivity (Wildman–Crippen MR) is 96.0 cm³/mol. The van der Waals surface area contributed by atoms with Crippen LogP contribution >= 0.6 is 0 Å². The summed E-state index contributed by atoms with van der Waals surface area (Å²) in [5.74, 6) is -0.129. The van der Waals surface area contributed by atoms with Gasteiger partial charge in [-0.25, -0.2) is 15.0 Å². The van der Waals surface area contributed by atoms with Crippen LogP contribution in [0.3, 0.4) is 0 Å². The molecule has 0 spiro atoms. The lowest BCUT2D eigenvalue weighted by atomic mass is 10.3. The molecule has 1 atom stereocenters. The molecule has 0 saturated carbocycles. The molecule has 1 aliphatic rings. The second-order valence-electron chi connectivity index (χ2n) is 6.46. The van der Waals surface area contributed by atoms with Crippen molar-refractivity contribution in [2.45, 2.75) is 26.4 Å². The Labute approximate surface area is 151 Å². The Kier molecular flexibility index (Phi) is 4.20. The highest BCUT2D eigenvalue weighted by Crippen LogP contribution is 2.18. The van der Waals surface area contributed by atoms with Crippen LogP contribution < -0.4 is 4.74 Å². The number of hydrogen-bond donors (Lipinski definition) is 0. The number of likely N-dealkylation sites (tertiary alicyclic amines) is 1. The lowest BCUT2D eigenvalue weighted by molar-refractivity contribution is 0.0763. The molecular weight excluding hydrogens is 330 g/mol. The van der Waals surface area contributed by atoms with E-state index in [1.54, 1.807) is 4.90 Å². The monoisotopic (exact) mass is 349 g/mol. The molecule has 0 N–H and O–H groups in total. The molecule has 1 saturated heterocycles. The van der Waals surface area contributed by atoms with Crippen molar-refractivity contribution in [3.63, 3.8) is 0 Å². The fraction of sp³-hybridized carbons (Fsp3) is 0.316. The van der Waals surface area contributed by atoms with E-state index in [2.05, 4.69) is 19.9 Å². The molecule has 4 rings (SSSR count). The molecule has 1 aromatic carbocycles. The summed E-state index contributed by atoms with van der Waals surface area (Å²) in [6, 6.07) is 9.78. The zero-order valence-corrected chi connectivity index (χ0v) is 14.7. The van der Waals surface area contributed by atoms with Gasteiger partial charge in [-0.2, -0.15) is 0 Å². The first-order valence-electron chi connectivity index (χ1n) is 8.58. The van der Waals surface area contributed by atoms with Gasteiger partial charge in [-0.3, -0.25) is 9.78 Å². The van der Waals surface area contributed by atoms with Crippen molar-refractivity contribution in [2.24, 2.45) is 0 Å². The molecule has 3 heterocycles. The number of benzene rings is 1. The molecule has 7 heteroatoms. The van der Waals surface area contributed by atoms with Crippen LogP contribution in [0.15, 0.2) is 36.5 Å². The Bertz CT molecular complexity index is 955. The van der Waals surface area contributed by atoms with Gasteiger partial charge in [-0.1, -0.05) is 12.1 Å². The lowest BCUT2D eigenvalue weighted by Gasteiger charge is -2.16. The third-order valence-electron chi connectivity index (χ3n) is 4.33. The molecule has 26 heavy (non-hydrogen) atoms. The van der Waals surface area contributed by atoms with Crippen LogP contribution in [0.25, 0.3) is 11.0 Å². The number of aryl methyl sites for hydroxylation is 2. The highest BCUT2D eigenvalue weighted by atomic mass is 16.5. The fourth-order valence-corrected chi connectivity index (χ4v) is 3.13. The Morgan fingerprint density at radius 1 is 1.12 bits per heavy atom. The van der Waals surface area contributed by atoms with Crippen molar-refractivity contribution in [1.82, 2.24) is 24.8 Å². The second-order valence-corrected chi connectivity index (χ2v) is 6.46. The second kappa shape index (κ2) is 6.67. The summed E-state index contributed by atoms with van der Waals surface area (Å²) in [6.07, 6.45) is 2.16. The third kappa shape index (κ3) is 3.33. The van der Waals surface area contributed by atoms with Crippen molar-refractivity contribution >= 4 is 16.9 Å². The number of rotatable bonds is 3. The zero-order valence-electron chi connectivity index (χ0n) is 14.7. The molecule has 0 radical (unpaired) electrons. The van der Waals surface area contributed by atoms with Gasteiger partial charge in [0.2, 0.25) is 0 Å². The average molecular weight is 349 g/mol. The maximum Gasteiger partial charge on any atom is 0.317 e. The van der Waals surface area contributed by atoms with E-state index in [-0.39, 0.29) is 12.0 Å². The van der Waals surface area contributed by atoms with Gasteiger partial charge < -0.3 is 9.64 Å². The Morgan fingerprint density at radius 3 is 2.62 bits per heavy atom. The number of carbonyl (C=O) groups excluding carboxylic acids is 1. The molecule has 1 aliphatic heterocycles. The number of amides is 1. The van der Waals surface area contributed by atoms with Gasteiger partial charge in [0.1, 0.15) is 11.8 Å². The topological polar surface area (TPSA) is 81.1 Å². The average Bonchev–Trinajstić information content (AvgIpc) is 3.08. The van der Waals surface area contributed by atoms with Crippen LogP contribution in [0.1, 0.15) is 28.3 Å². The summed E-state index contributed by atoms with van der Waals surface area (Å²) < 4.78 is 5.87. The van der Waals surface area contributed by atoms with E-state index in [1.165, 1.54) is 6.20 Å². The summed E-state index contributed by atoms with van der Waals surface area (Å²) in [5, 5.41) is 0. The molecule has 1 amide bonds. The van der Waals surface area contributed by atoms with Crippen LogP contribution in [-0.4, -0.2) is 49.9 Å². The van der Waals surface area contributed by atoms with Crippen LogP contribution in [0.5, 0.6) is 6.01 Å². The van der Waals surface area contributed by atoms with E-state index >= 15 is 0 Å². The van der Waals surface area contributed by atoms with E-state index in [4.69, 9.17) is 4.74 Å². The predicted octanol–water partition coefficient (Wildman–Crippen LogP) is 2.33. The van der Waals surface area contributed by atoms with E-state index in [1.807, 2.05) is 44.2 Å². The van der Waals surface area contributed by atoms with E-state index in [9.17, 15) is 4.79 Å².